The maximum absolute atomic E-state index is 15.1. The molecule has 1 aliphatic rings. The number of aryl methyl sites for hydroxylation is 1. The van der Waals surface area contributed by atoms with E-state index in [1.54, 1.807) is 6.08 Å². The van der Waals surface area contributed by atoms with Crippen molar-refractivity contribution in [1.29, 1.82) is 0 Å². The Morgan fingerprint density at radius 3 is 2.30 bits per heavy atom. The molecule has 2 aromatic carbocycles. The van der Waals surface area contributed by atoms with Crippen LogP contribution in [0.3, 0.4) is 0 Å². The SMILES string of the molecule is C=CCc1cccc(-c2ccccc2CCC2(CC=C)CCCCC2)c1F. The topological polar surface area (TPSA) is 0 Å². The molecule has 0 unspecified atom stereocenters. The highest BCUT2D eigenvalue weighted by atomic mass is 19.1. The highest BCUT2D eigenvalue weighted by Gasteiger charge is 2.30. The Hall–Kier alpha value is -2.15. The fraction of sp³-hybridized carbons (Fsp3) is 0.385. The Bertz CT molecular complexity index is 781. The van der Waals surface area contributed by atoms with Gasteiger partial charge in [0.05, 0.1) is 0 Å². The first-order valence-corrected chi connectivity index (χ1v) is 10.3. The molecule has 2 aromatic rings. The van der Waals surface area contributed by atoms with Gasteiger partial charge in [-0.3, -0.25) is 0 Å². The van der Waals surface area contributed by atoms with Crippen molar-refractivity contribution in [3.8, 4) is 11.1 Å². The first-order chi connectivity index (χ1) is 13.2. The summed E-state index contributed by atoms with van der Waals surface area (Å²) < 4.78 is 15.1. The number of hydrogen-bond donors (Lipinski definition) is 0. The van der Waals surface area contributed by atoms with Gasteiger partial charge in [0.25, 0.3) is 0 Å². The molecule has 0 atom stereocenters. The van der Waals surface area contributed by atoms with Crippen LogP contribution in [0.4, 0.5) is 4.39 Å². The highest BCUT2D eigenvalue weighted by molar-refractivity contribution is 5.69. The second kappa shape index (κ2) is 9.17. The minimum absolute atomic E-state index is 0.108. The number of rotatable bonds is 8. The Kier molecular flexibility index (Phi) is 6.66. The molecule has 142 valence electrons. The predicted molar refractivity (Wildman–Crippen MR) is 114 cm³/mol. The lowest BCUT2D eigenvalue weighted by Gasteiger charge is -2.37. The van der Waals surface area contributed by atoms with Crippen molar-refractivity contribution in [2.75, 3.05) is 0 Å². The molecule has 27 heavy (non-hydrogen) atoms. The van der Waals surface area contributed by atoms with Gasteiger partial charge in [0.2, 0.25) is 0 Å². The molecule has 1 heteroatoms. The van der Waals surface area contributed by atoms with Crippen LogP contribution in [0.15, 0.2) is 67.8 Å². The normalized spacial score (nSPS) is 16.0. The smallest absolute Gasteiger partial charge is 0.134 e. The van der Waals surface area contributed by atoms with Gasteiger partial charge in [0, 0.05) is 5.56 Å². The van der Waals surface area contributed by atoms with Gasteiger partial charge in [-0.15, -0.1) is 13.2 Å². The largest absolute Gasteiger partial charge is 0.206 e. The van der Waals surface area contributed by atoms with Crippen LogP contribution in [0.2, 0.25) is 0 Å². The summed E-state index contributed by atoms with van der Waals surface area (Å²) in [4.78, 5) is 0. The first kappa shape index (κ1) is 19.6. The number of allylic oxidation sites excluding steroid dienone is 2. The van der Waals surface area contributed by atoms with Crippen LogP contribution in [0.25, 0.3) is 11.1 Å². The quantitative estimate of drug-likeness (QED) is 0.422. The van der Waals surface area contributed by atoms with E-state index in [1.165, 1.54) is 37.7 Å². The maximum Gasteiger partial charge on any atom is 0.134 e. The minimum Gasteiger partial charge on any atom is -0.206 e. The van der Waals surface area contributed by atoms with Crippen molar-refractivity contribution in [1.82, 2.24) is 0 Å². The summed E-state index contributed by atoms with van der Waals surface area (Å²) in [5.41, 5.74) is 4.10. The van der Waals surface area contributed by atoms with Gasteiger partial charge in [-0.2, -0.15) is 0 Å². The second-order valence-corrected chi connectivity index (χ2v) is 7.98. The molecule has 0 spiro atoms. The zero-order chi connectivity index (χ0) is 19.1. The number of benzene rings is 2. The number of hydrogen-bond acceptors (Lipinski definition) is 0. The van der Waals surface area contributed by atoms with Gasteiger partial charge in [0.15, 0.2) is 0 Å². The average Bonchev–Trinajstić information content (AvgIpc) is 2.70. The van der Waals surface area contributed by atoms with E-state index < -0.39 is 0 Å². The van der Waals surface area contributed by atoms with E-state index in [-0.39, 0.29) is 5.82 Å². The molecule has 0 aliphatic heterocycles. The Morgan fingerprint density at radius 1 is 0.852 bits per heavy atom. The Balaban J connectivity index is 1.87. The molecular weight excluding hydrogens is 331 g/mol. The van der Waals surface area contributed by atoms with E-state index in [4.69, 9.17) is 0 Å². The zero-order valence-corrected chi connectivity index (χ0v) is 16.4. The van der Waals surface area contributed by atoms with E-state index in [1.807, 2.05) is 24.3 Å². The second-order valence-electron chi connectivity index (χ2n) is 7.98. The van der Waals surface area contributed by atoms with Crippen molar-refractivity contribution >= 4 is 0 Å². The van der Waals surface area contributed by atoms with Crippen molar-refractivity contribution in [3.63, 3.8) is 0 Å². The summed E-state index contributed by atoms with van der Waals surface area (Å²) in [6.07, 6.45) is 14.3. The maximum atomic E-state index is 15.1. The lowest BCUT2D eigenvalue weighted by Crippen LogP contribution is -2.24. The molecule has 1 fully saturated rings. The van der Waals surface area contributed by atoms with E-state index in [2.05, 4.69) is 37.4 Å². The lowest BCUT2D eigenvalue weighted by atomic mass is 9.68. The van der Waals surface area contributed by atoms with Crippen LogP contribution in [0.1, 0.15) is 56.1 Å². The van der Waals surface area contributed by atoms with Gasteiger partial charge < -0.3 is 0 Å². The third-order valence-electron chi connectivity index (χ3n) is 6.17. The van der Waals surface area contributed by atoms with Crippen molar-refractivity contribution in [3.05, 3.63) is 84.7 Å². The summed E-state index contributed by atoms with van der Waals surface area (Å²) in [7, 11) is 0. The van der Waals surface area contributed by atoms with Crippen LogP contribution in [-0.4, -0.2) is 0 Å². The van der Waals surface area contributed by atoms with Crippen molar-refractivity contribution in [2.24, 2.45) is 5.41 Å². The van der Waals surface area contributed by atoms with Crippen LogP contribution in [-0.2, 0) is 12.8 Å². The van der Waals surface area contributed by atoms with Gasteiger partial charge in [-0.1, -0.05) is 73.9 Å². The fourth-order valence-electron chi connectivity index (χ4n) is 4.67. The summed E-state index contributed by atoms with van der Waals surface area (Å²) in [6, 6.07) is 14.0. The Labute approximate surface area is 163 Å². The molecule has 1 aliphatic carbocycles. The van der Waals surface area contributed by atoms with Crippen LogP contribution in [0.5, 0.6) is 0 Å². The third-order valence-corrected chi connectivity index (χ3v) is 6.17. The van der Waals surface area contributed by atoms with E-state index >= 15 is 4.39 Å². The molecule has 0 saturated heterocycles. The molecule has 1 saturated carbocycles. The van der Waals surface area contributed by atoms with Gasteiger partial charge in [0.1, 0.15) is 5.82 Å². The summed E-state index contributed by atoms with van der Waals surface area (Å²) in [5.74, 6) is -0.108. The molecule has 0 aromatic heterocycles. The van der Waals surface area contributed by atoms with Gasteiger partial charge in [-0.05, 0) is 60.6 Å². The monoisotopic (exact) mass is 362 g/mol. The van der Waals surface area contributed by atoms with E-state index in [0.29, 0.717) is 23.0 Å². The average molecular weight is 363 g/mol. The van der Waals surface area contributed by atoms with Gasteiger partial charge >= 0.3 is 0 Å². The van der Waals surface area contributed by atoms with Crippen molar-refractivity contribution in [2.45, 2.75) is 57.8 Å². The number of halogens is 1. The predicted octanol–water partition coefficient (Wildman–Crippen LogP) is 7.68. The van der Waals surface area contributed by atoms with Crippen LogP contribution < -0.4 is 0 Å². The van der Waals surface area contributed by atoms with Gasteiger partial charge in [-0.25, -0.2) is 4.39 Å². The molecule has 0 radical (unpaired) electrons. The van der Waals surface area contributed by atoms with Crippen molar-refractivity contribution < 1.29 is 4.39 Å². The molecule has 3 rings (SSSR count). The van der Waals surface area contributed by atoms with E-state index in [0.717, 1.165) is 24.8 Å². The third kappa shape index (κ3) is 4.58. The molecule has 0 heterocycles. The fourth-order valence-corrected chi connectivity index (χ4v) is 4.67. The standard InChI is InChI=1S/C26H31F/c1-3-11-22-13-10-15-24(25(22)27)23-14-7-6-12-21(23)16-20-26(17-4-2)18-8-5-9-19-26/h3-4,6-7,10,12-15H,1-2,5,8-9,11,16-20H2. The molecular formula is C26H31F. The molecule has 0 nitrogen and oxygen atoms in total. The molecule has 0 amide bonds. The van der Waals surface area contributed by atoms with Crippen LogP contribution in [0, 0.1) is 11.2 Å². The summed E-state index contributed by atoms with van der Waals surface area (Å²) >= 11 is 0. The summed E-state index contributed by atoms with van der Waals surface area (Å²) in [6.45, 7) is 7.75. The Morgan fingerprint density at radius 2 is 1.56 bits per heavy atom. The summed E-state index contributed by atoms with van der Waals surface area (Å²) in [5, 5.41) is 0. The molecule has 0 N–H and O–H groups in total. The van der Waals surface area contributed by atoms with Crippen LogP contribution >= 0.6 is 0 Å². The lowest BCUT2D eigenvalue weighted by molar-refractivity contribution is 0.176. The zero-order valence-electron chi connectivity index (χ0n) is 16.4. The molecule has 0 bridgehead atoms. The minimum atomic E-state index is -0.108. The van der Waals surface area contributed by atoms with E-state index in [9.17, 15) is 0 Å². The highest BCUT2D eigenvalue weighted by Crippen LogP contribution is 2.44. The first-order valence-electron chi connectivity index (χ1n) is 10.3.